The van der Waals surface area contributed by atoms with E-state index in [1.54, 1.807) is 0 Å². The fourth-order valence-corrected chi connectivity index (χ4v) is 2.37. The van der Waals surface area contributed by atoms with E-state index in [1.165, 1.54) is 5.56 Å². The number of benzene rings is 1. The summed E-state index contributed by atoms with van der Waals surface area (Å²) in [6.07, 6.45) is 2.96. The topological polar surface area (TPSA) is 21.3 Å². The zero-order chi connectivity index (χ0) is 12.3. The van der Waals surface area contributed by atoms with Crippen LogP contribution in [0.4, 0.5) is 0 Å². The van der Waals surface area contributed by atoms with E-state index in [4.69, 9.17) is 4.74 Å². The third-order valence-corrected chi connectivity index (χ3v) is 3.31. The summed E-state index contributed by atoms with van der Waals surface area (Å²) in [4.78, 5) is 0. The van der Waals surface area contributed by atoms with Gasteiger partial charge in [-0.15, -0.1) is 6.58 Å². The molecule has 0 aliphatic carbocycles. The maximum atomic E-state index is 5.75. The molecule has 17 heavy (non-hydrogen) atoms. The third kappa shape index (κ3) is 2.70. The lowest BCUT2D eigenvalue weighted by molar-refractivity contribution is 0.182. The van der Waals surface area contributed by atoms with Gasteiger partial charge in [-0.25, -0.2) is 0 Å². The predicted molar refractivity (Wildman–Crippen MR) is 71.3 cm³/mol. The molecular formula is C15H21NO. The molecule has 92 valence electrons. The molecule has 3 unspecified atom stereocenters. The Morgan fingerprint density at radius 2 is 2.29 bits per heavy atom. The van der Waals surface area contributed by atoms with E-state index in [2.05, 4.69) is 37.9 Å². The normalized spacial score (nSPS) is 24.6. The molecule has 0 fully saturated rings. The summed E-state index contributed by atoms with van der Waals surface area (Å²) in [7, 11) is 0. The molecule has 0 saturated heterocycles. The zero-order valence-electron chi connectivity index (χ0n) is 10.6. The number of ether oxygens (including phenoxy) is 1. The molecule has 0 spiro atoms. The highest BCUT2D eigenvalue weighted by molar-refractivity contribution is 5.38. The van der Waals surface area contributed by atoms with Crippen LogP contribution in [-0.2, 0) is 0 Å². The Hall–Kier alpha value is -1.28. The lowest BCUT2D eigenvalue weighted by atomic mass is 9.91. The molecule has 1 aromatic rings. The minimum absolute atomic E-state index is 0.384. The average molecular weight is 231 g/mol. The van der Waals surface area contributed by atoms with Gasteiger partial charge in [0.25, 0.3) is 0 Å². The van der Waals surface area contributed by atoms with E-state index < -0.39 is 0 Å². The Bertz CT molecular complexity index is 388. The summed E-state index contributed by atoms with van der Waals surface area (Å²) in [5.41, 5.74) is 1.28. The van der Waals surface area contributed by atoms with Crippen molar-refractivity contribution >= 4 is 0 Å². The summed E-state index contributed by atoms with van der Waals surface area (Å²) in [6.45, 7) is 9.01. The van der Waals surface area contributed by atoms with Crippen molar-refractivity contribution in [1.29, 1.82) is 0 Å². The van der Waals surface area contributed by atoms with E-state index >= 15 is 0 Å². The first-order chi connectivity index (χ1) is 8.22. The third-order valence-electron chi connectivity index (χ3n) is 3.31. The Labute approximate surface area is 104 Å². The standard InChI is InChI=1S/C15H21NO/c1-4-7-12(3)16-15-11(2)10-17-14-9-6-5-8-13(14)15/h4-6,8-9,11-12,15-16H,1,7,10H2,2-3H3. The van der Waals surface area contributed by atoms with Crippen molar-refractivity contribution in [1.82, 2.24) is 5.32 Å². The lowest BCUT2D eigenvalue weighted by Gasteiger charge is -2.34. The molecule has 1 aliphatic heterocycles. The Balaban J connectivity index is 2.17. The summed E-state index contributed by atoms with van der Waals surface area (Å²) in [6, 6.07) is 9.14. The Morgan fingerprint density at radius 1 is 1.53 bits per heavy atom. The van der Waals surface area contributed by atoms with E-state index in [1.807, 2.05) is 18.2 Å². The highest BCUT2D eigenvalue weighted by Gasteiger charge is 2.28. The molecule has 0 amide bonds. The number of para-hydroxylation sites is 1. The molecule has 0 radical (unpaired) electrons. The molecule has 2 nitrogen and oxygen atoms in total. The summed E-state index contributed by atoms with van der Waals surface area (Å²) >= 11 is 0. The van der Waals surface area contributed by atoms with Gasteiger partial charge in [0.15, 0.2) is 0 Å². The van der Waals surface area contributed by atoms with Crippen LogP contribution in [0.2, 0.25) is 0 Å². The molecule has 2 heteroatoms. The second-order valence-electron chi connectivity index (χ2n) is 4.90. The van der Waals surface area contributed by atoms with Crippen molar-refractivity contribution in [2.45, 2.75) is 32.4 Å². The van der Waals surface area contributed by atoms with Crippen molar-refractivity contribution in [3.63, 3.8) is 0 Å². The van der Waals surface area contributed by atoms with E-state index in [9.17, 15) is 0 Å². The lowest BCUT2D eigenvalue weighted by Crippen LogP contribution is -2.38. The largest absolute Gasteiger partial charge is 0.493 e. The molecule has 1 aliphatic rings. The molecule has 0 saturated carbocycles. The van der Waals surface area contributed by atoms with Gasteiger partial charge in [-0.05, 0) is 19.4 Å². The maximum absolute atomic E-state index is 5.75. The van der Waals surface area contributed by atoms with Gasteiger partial charge in [-0.1, -0.05) is 31.2 Å². The number of rotatable bonds is 4. The highest BCUT2D eigenvalue weighted by Crippen LogP contribution is 2.35. The van der Waals surface area contributed by atoms with Crippen LogP contribution in [0.1, 0.15) is 31.9 Å². The van der Waals surface area contributed by atoms with Gasteiger partial charge in [-0.2, -0.15) is 0 Å². The number of nitrogens with one attached hydrogen (secondary N) is 1. The van der Waals surface area contributed by atoms with Gasteiger partial charge < -0.3 is 10.1 Å². The monoisotopic (exact) mass is 231 g/mol. The van der Waals surface area contributed by atoms with Crippen LogP contribution >= 0.6 is 0 Å². The molecule has 2 rings (SSSR count). The maximum Gasteiger partial charge on any atom is 0.124 e. The van der Waals surface area contributed by atoms with E-state index in [-0.39, 0.29) is 0 Å². The smallest absolute Gasteiger partial charge is 0.124 e. The molecule has 1 aromatic carbocycles. The number of hydrogen-bond acceptors (Lipinski definition) is 2. The van der Waals surface area contributed by atoms with Gasteiger partial charge in [0, 0.05) is 23.6 Å². The predicted octanol–water partition coefficient (Wildman–Crippen LogP) is 3.31. The average Bonchev–Trinajstić information content (AvgIpc) is 2.33. The molecular weight excluding hydrogens is 210 g/mol. The van der Waals surface area contributed by atoms with Crippen LogP contribution in [-0.4, -0.2) is 12.6 Å². The van der Waals surface area contributed by atoms with Crippen molar-refractivity contribution in [3.05, 3.63) is 42.5 Å². The molecule has 1 heterocycles. The van der Waals surface area contributed by atoms with Crippen molar-refractivity contribution in [2.75, 3.05) is 6.61 Å². The van der Waals surface area contributed by atoms with Gasteiger partial charge in [0.1, 0.15) is 5.75 Å². The number of hydrogen-bond donors (Lipinski definition) is 1. The minimum atomic E-state index is 0.384. The van der Waals surface area contributed by atoms with Crippen molar-refractivity contribution in [2.24, 2.45) is 5.92 Å². The quantitative estimate of drug-likeness (QED) is 0.803. The van der Waals surface area contributed by atoms with Crippen LogP contribution in [0, 0.1) is 5.92 Å². The van der Waals surface area contributed by atoms with Crippen LogP contribution in [0.15, 0.2) is 36.9 Å². The fourth-order valence-electron chi connectivity index (χ4n) is 2.37. The first-order valence-electron chi connectivity index (χ1n) is 6.31. The van der Waals surface area contributed by atoms with Gasteiger partial charge in [0.2, 0.25) is 0 Å². The van der Waals surface area contributed by atoms with Gasteiger partial charge in [0.05, 0.1) is 6.61 Å². The van der Waals surface area contributed by atoms with Crippen LogP contribution in [0.25, 0.3) is 0 Å². The van der Waals surface area contributed by atoms with E-state index in [0.717, 1.165) is 18.8 Å². The zero-order valence-corrected chi connectivity index (χ0v) is 10.6. The first-order valence-corrected chi connectivity index (χ1v) is 6.31. The first kappa shape index (κ1) is 12.2. The Morgan fingerprint density at radius 3 is 3.06 bits per heavy atom. The summed E-state index contributed by atoms with van der Waals surface area (Å²) in [5.74, 6) is 1.52. The van der Waals surface area contributed by atoms with Crippen LogP contribution < -0.4 is 10.1 Å². The molecule has 0 aromatic heterocycles. The van der Waals surface area contributed by atoms with Crippen molar-refractivity contribution in [3.8, 4) is 5.75 Å². The molecule has 0 bridgehead atoms. The van der Waals surface area contributed by atoms with Crippen LogP contribution in [0.3, 0.4) is 0 Å². The second-order valence-corrected chi connectivity index (χ2v) is 4.90. The fraction of sp³-hybridized carbons (Fsp3) is 0.467. The number of fused-ring (bicyclic) bond motifs is 1. The summed E-state index contributed by atoms with van der Waals surface area (Å²) < 4.78 is 5.75. The highest BCUT2D eigenvalue weighted by atomic mass is 16.5. The minimum Gasteiger partial charge on any atom is -0.493 e. The van der Waals surface area contributed by atoms with E-state index in [0.29, 0.717) is 18.0 Å². The van der Waals surface area contributed by atoms with Crippen LogP contribution in [0.5, 0.6) is 5.75 Å². The SMILES string of the molecule is C=CCC(C)NC1c2ccccc2OCC1C. The van der Waals surface area contributed by atoms with Gasteiger partial charge in [-0.3, -0.25) is 0 Å². The molecule has 1 N–H and O–H groups in total. The second kappa shape index (κ2) is 5.37. The Kier molecular flexibility index (Phi) is 3.85. The van der Waals surface area contributed by atoms with Gasteiger partial charge >= 0.3 is 0 Å². The summed E-state index contributed by atoms with van der Waals surface area (Å²) in [5, 5.41) is 3.67. The van der Waals surface area contributed by atoms with Crippen molar-refractivity contribution < 1.29 is 4.74 Å². The molecule has 3 atom stereocenters.